The van der Waals surface area contributed by atoms with Gasteiger partial charge in [0.05, 0.1) is 16.8 Å². The molecule has 4 heterocycles. The topological polar surface area (TPSA) is 66.9 Å². The van der Waals surface area contributed by atoms with E-state index in [-0.39, 0.29) is 11.9 Å². The van der Waals surface area contributed by atoms with E-state index in [0.717, 1.165) is 17.8 Å². The van der Waals surface area contributed by atoms with Crippen LogP contribution < -0.4 is 0 Å². The zero-order valence-corrected chi connectivity index (χ0v) is 18.8. The van der Waals surface area contributed by atoms with Crippen molar-refractivity contribution in [3.8, 4) is 0 Å². The maximum Gasteiger partial charge on any atom is 0.274 e. The van der Waals surface area contributed by atoms with Crippen molar-refractivity contribution < 1.29 is 9.32 Å². The molecular weight excluding hydrogens is 426 g/mol. The lowest BCUT2D eigenvalue weighted by Gasteiger charge is -2.29. The second-order valence-corrected chi connectivity index (χ2v) is 8.68. The molecule has 1 atom stereocenters. The molecule has 4 aromatic rings. The van der Waals surface area contributed by atoms with Crippen LogP contribution in [0.15, 0.2) is 59.4 Å². The molecule has 0 spiro atoms. The van der Waals surface area contributed by atoms with E-state index >= 15 is 0 Å². The smallest absolute Gasteiger partial charge is 0.274 e. The highest BCUT2D eigenvalue weighted by molar-refractivity contribution is 6.30. The highest BCUT2D eigenvalue weighted by atomic mass is 35.5. The van der Waals surface area contributed by atoms with Crippen LogP contribution >= 0.6 is 11.6 Å². The van der Waals surface area contributed by atoms with Crippen molar-refractivity contribution in [2.75, 3.05) is 13.6 Å². The molecule has 0 aliphatic carbocycles. The van der Waals surface area contributed by atoms with E-state index in [2.05, 4.69) is 29.1 Å². The molecule has 1 amide bonds. The van der Waals surface area contributed by atoms with Crippen molar-refractivity contribution in [3.05, 3.63) is 88.2 Å². The maximum atomic E-state index is 13.6. The van der Waals surface area contributed by atoms with Crippen LogP contribution in [-0.4, -0.2) is 43.8 Å². The van der Waals surface area contributed by atoms with E-state index in [1.807, 2.05) is 46.8 Å². The van der Waals surface area contributed by atoms with Crippen LogP contribution in [0.3, 0.4) is 0 Å². The average molecular weight is 450 g/mol. The Bertz CT molecular complexity index is 1270. The van der Waals surface area contributed by atoms with Gasteiger partial charge >= 0.3 is 0 Å². The number of imidazole rings is 1. The Balaban J connectivity index is 1.49. The molecule has 0 fully saturated rings. The van der Waals surface area contributed by atoms with Crippen LogP contribution in [0.4, 0.5) is 0 Å². The third kappa shape index (κ3) is 3.78. The number of pyridine rings is 1. The second-order valence-electron chi connectivity index (χ2n) is 8.24. The Morgan fingerprint density at radius 1 is 1.22 bits per heavy atom. The molecule has 0 radical (unpaired) electrons. The summed E-state index contributed by atoms with van der Waals surface area (Å²) in [6, 6.07) is 13.8. The van der Waals surface area contributed by atoms with Crippen molar-refractivity contribution in [2.24, 2.45) is 0 Å². The molecule has 0 saturated heterocycles. The number of nitrogens with zero attached hydrogens (tertiary/aromatic N) is 5. The fourth-order valence-corrected chi connectivity index (χ4v) is 4.41. The van der Waals surface area contributed by atoms with Gasteiger partial charge in [0.15, 0.2) is 5.69 Å². The fourth-order valence-electron chi connectivity index (χ4n) is 4.24. The van der Waals surface area contributed by atoms with Gasteiger partial charge in [0.1, 0.15) is 17.6 Å². The summed E-state index contributed by atoms with van der Waals surface area (Å²) >= 11 is 6.28. The van der Waals surface area contributed by atoms with Gasteiger partial charge in [-0.1, -0.05) is 41.0 Å². The van der Waals surface area contributed by atoms with Crippen molar-refractivity contribution >= 4 is 23.2 Å². The molecule has 32 heavy (non-hydrogen) atoms. The average Bonchev–Trinajstić information content (AvgIpc) is 3.46. The van der Waals surface area contributed by atoms with Crippen LogP contribution in [-0.2, 0) is 19.5 Å². The minimum absolute atomic E-state index is 0.00306. The lowest BCUT2D eigenvalue weighted by Crippen LogP contribution is -2.37. The first-order chi connectivity index (χ1) is 15.5. The Hall–Kier alpha value is -3.16. The van der Waals surface area contributed by atoms with Crippen LogP contribution in [0.25, 0.3) is 5.65 Å². The van der Waals surface area contributed by atoms with Crippen LogP contribution in [0.2, 0.25) is 5.02 Å². The standard InChI is InChI=1S/C24H24ClN5O2/c1-16(20-10-12-32-27-20)28(2)15-21-23(26-22-8-7-19(25)14-30(21)22)24(31)29-11-9-17-5-3-4-6-18(17)13-29/h3-8,10,12,14,16H,9,11,13,15H2,1-2H3. The fraction of sp³-hybridized carbons (Fsp3) is 0.292. The maximum absolute atomic E-state index is 13.6. The lowest BCUT2D eigenvalue weighted by molar-refractivity contribution is 0.0726. The summed E-state index contributed by atoms with van der Waals surface area (Å²) < 4.78 is 6.92. The first kappa shape index (κ1) is 20.7. The zero-order chi connectivity index (χ0) is 22.2. The van der Waals surface area contributed by atoms with Gasteiger partial charge < -0.3 is 13.8 Å². The summed E-state index contributed by atoms with van der Waals surface area (Å²) in [6.45, 7) is 3.82. The molecule has 164 valence electrons. The minimum Gasteiger partial charge on any atom is -0.364 e. The molecule has 1 aliphatic rings. The Morgan fingerprint density at radius 2 is 2.03 bits per heavy atom. The number of aromatic nitrogens is 3. The minimum atomic E-state index is -0.0585. The van der Waals surface area contributed by atoms with Crippen molar-refractivity contribution in [1.29, 1.82) is 0 Å². The summed E-state index contributed by atoms with van der Waals surface area (Å²) in [7, 11) is 1.99. The van der Waals surface area contributed by atoms with Crippen LogP contribution in [0, 0.1) is 0 Å². The Labute approximate surface area is 191 Å². The van der Waals surface area contributed by atoms with Gasteiger partial charge in [-0.2, -0.15) is 0 Å². The molecule has 0 saturated carbocycles. The van der Waals surface area contributed by atoms with E-state index in [1.54, 1.807) is 12.3 Å². The van der Waals surface area contributed by atoms with Gasteiger partial charge in [-0.3, -0.25) is 9.69 Å². The van der Waals surface area contributed by atoms with Gasteiger partial charge in [0.2, 0.25) is 0 Å². The predicted molar refractivity (Wildman–Crippen MR) is 121 cm³/mol. The normalized spacial score (nSPS) is 14.7. The Kier molecular flexibility index (Phi) is 5.45. The number of hydrogen-bond donors (Lipinski definition) is 0. The highest BCUT2D eigenvalue weighted by Gasteiger charge is 2.28. The largest absolute Gasteiger partial charge is 0.364 e. The summed E-state index contributed by atoms with van der Waals surface area (Å²) in [5.41, 5.74) is 5.31. The quantitative estimate of drug-likeness (QED) is 0.452. The van der Waals surface area contributed by atoms with E-state index in [9.17, 15) is 4.79 Å². The van der Waals surface area contributed by atoms with Gasteiger partial charge in [-0.15, -0.1) is 0 Å². The van der Waals surface area contributed by atoms with Crippen LogP contribution in [0.1, 0.15) is 46.0 Å². The van der Waals surface area contributed by atoms with Crippen molar-refractivity contribution in [2.45, 2.75) is 32.5 Å². The zero-order valence-electron chi connectivity index (χ0n) is 18.0. The molecule has 1 unspecified atom stereocenters. The first-order valence-corrected chi connectivity index (χ1v) is 11.0. The van der Waals surface area contributed by atoms with Gasteiger partial charge in [0.25, 0.3) is 5.91 Å². The summed E-state index contributed by atoms with van der Waals surface area (Å²) in [6.07, 6.45) is 4.23. The van der Waals surface area contributed by atoms with Crippen molar-refractivity contribution in [3.63, 3.8) is 0 Å². The molecule has 0 N–H and O–H groups in total. The number of amides is 1. The summed E-state index contributed by atoms with van der Waals surface area (Å²) in [4.78, 5) is 22.3. The molecule has 3 aromatic heterocycles. The monoisotopic (exact) mass is 449 g/mol. The SMILES string of the molecule is CC(c1ccon1)N(C)Cc1c(C(=O)N2CCc3ccccc3C2)nc2ccc(Cl)cn12. The first-order valence-electron chi connectivity index (χ1n) is 10.6. The van der Waals surface area contributed by atoms with Gasteiger partial charge in [-0.05, 0) is 43.7 Å². The van der Waals surface area contributed by atoms with Gasteiger partial charge in [0, 0.05) is 31.9 Å². The summed E-state index contributed by atoms with van der Waals surface area (Å²) in [5, 5.41) is 4.65. The molecule has 0 bridgehead atoms. The number of benzene rings is 1. The summed E-state index contributed by atoms with van der Waals surface area (Å²) in [5.74, 6) is -0.0585. The van der Waals surface area contributed by atoms with E-state index in [1.165, 1.54) is 11.1 Å². The number of halogens is 1. The van der Waals surface area contributed by atoms with Crippen molar-refractivity contribution in [1.82, 2.24) is 24.3 Å². The molecule has 5 rings (SSSR count). The molecule has 1 aliphatic heterocycles. The highest BCUT2D eigenvalue weighted by Crippen LogP contribution is 2.26. The molecule has 8 heteroatoms. The van der Waals surface area contributed by atoms with E-state index in [4.69, 9.17) is 21.1 Å². The Morgan fingerprint density at radius 3 is 2.81 bits per heavy atom. The van der Waals surface area contributed by atoms with E-state index < -0.39 is 0 Å². The third-order valence-electron chi connectivity index (χ3n) is 6.25. The van der Waals surface area contributed by atoms with Gasteiger partial charge in [-0.25, -0.2) is 4.98 Å². The number of carbonyl (C=O) groups is 1. The number of hydrogen-bond acceptors (Lipinski definition) is 5. The second kappa shape index (κ2) is 8.41. The number of rotatable bonds is 5. The van der Waals surface area contributed by atoms with Crippen LogP contribution in [0.5, 0.6) is 0 Å². The molecule has 7 nitrogen and oxygen atoms in total. The lowest BCUT2D eigenvalue weighted by atomic mass is 9.99. The third-order valence-corrected chi connectivity index (χ3v) is 6.47. The molecule has 1 aromatic carbocycles. The predicted octanol–water partition coefficient (Wildman–Crippen LogP) is 4.37. The number of carbonyl (C=O) groups excluding carboxylic acids is 1. The number of fused-ring (bicyclic) bond motifs is 2. The molecular formula is C24H24ClN5O2. The van der Waals surface area contributed by atoms with E-state index in [0.29, 0.717) is 36.0 Å².